The SMILES string of the molecule is C[C@H](N)C(=O)NC(C)(C)C(=O)N[C@@H](Cc1ccccn1)c1ccccc1. The Balaban J connectivity index is 2.18. The normalized spacial score (nSPS) is 13.5. The second kappa shape index (κ2) is 8.58. The van der Waals surface area contributed by atoms with Gasteiger partial charge in [0.1, 0.15) is 5.54 Å². The van der Waals surface area contributed by atoms with Crippen molar-refractivity contribution >= 4 is 11.8 Å². The van der Waals surface area contributed by atoms with Crippen molar-refractivity contribution in [3.05, 3.63) is 66.0 Å². The number of carbonyl (C=O) groups excluding carboxylic acids is 2. The maximum atomic E-state index is 12.8. The zero-order valence-corrected chi connectivity index (χ0v) is 15.4. The van der Waals surface area contributed by atoms with Gasteiger partial charge in [-0.15, -0.1) is 0 Å². The maximum absolute atomic E-state index is 12.8. The van der Waals surface area contributed by atoms with Crippen molar-refractivity contribution in [2.45, 2.75) is 44.8 Å². The summed E-state index contributed by atoms with van der Waals surface area (Å²) >= 11 is 0. The molecule has 0 unspecified atom stereocenters. The van der Waals surface area contributed by atoms with Gasteiger partial charge in [0.25, 0.3) is 0 Å². The number of nitrogens with one attached hydrogen (secondary N) is 2. The summed E-state index contributed by atoms with van der Waals surface area (Å²) in [6.45, 7) is 4.90. The molecule has 0 radical (unpaired) electrons. The molecule has 26 heavy (non-hydrogen) atoms. The summed E-state index contributed by atoms with van der Waals surface area (Å²) in [5, 5.41) is 5.72. The van der Waals surface area contributed by atoms with Gasteiger partial charge in [0.15, 0.2) is 0 Å². The number of nitrogens with zero attached hydrogens (tertiary/aromatic N) is 1. The summed E-state index contributed by atoms with van der Waals surface area (Å²) in [4.78, 5) is 29.0. The second-order valence-electron chi connectivity index (χ2n) is 6.86. The quantitative estimate of drug-likeness (QED) is 0.705. The molecule has 0 saturated carbocycles. The van der Waals surface area contributed by atoms with E-state index >= 15 is 0 Å². The average Bonchev–Trinajstić information content (AvgIpc) is 2.62. The van der Waals surface area contributed by atoms with Crippen LogP contribution >= 0.6 is 0 Å². The fraction of sp³-hybridized carbons (Fsp3) is 0.350. The van der Waals surface area contributed by atoms with Crippen LogP contribution in [-0.4, -0.2) is 28.4 Å². The summed E-state index contributed by atoms with van der Waals surface area (Å²) in [6.07, 6.45) is 2.28. The standard InChI is InChI=1S/C20H26N4O2/c1-14(21)18(25)24-20(2,3)19(26)23-17(15-9-5-4-6-10-15)13-16-11-7-8-12-22-16/h4-12,14,17H,13,21H2,1-3H3,(H,23,26)(H,24,25)/t14-,17-/m0/s1. The molecule has 0 bridgehead atoms. The van der Waals surface area contributed by atoms with Gasteiger partial charge in [-0.3, -0.25) is 14.6 Å². The van der Waals surface area contributed by atoms with Crippen molar-refractivity contribution in [1.82, 2.24) is 15.6 Å². The van der Waals surface area contributed by atoms with Crippen molar-refractivity contribution < 1.29 is 9.59 Å². The third kappa shape index (κ3) is 5.39. The Morgan fingerprint density at radius 3 is 2.35 bits per heavy atom. The van der Waals surface area contributed by atoms with Crippen LogP contribution in [0.3, 0.4) is 0 Å². The highest BCUT2D eigenvalue weighted by Crippen LogP contribution is 2.18. The lowest BCUT2D eigenvalue weighted by atomic mass is 9.98. The molecule has 6 nitrogen and oxygen atoms in total. The van der Waals surface area contributed by atoms with Crippen molar-refractivity contribution in [1.29, 1.82) is 0 Å². The highest BCUT2D eigenvalue weighted by molar-refractivity contribution is 5.92. The van der Waals surface area contributed by atoms with Gasteiger partial charge in [-0.25, -0.2) is 0 Å². The van der Waals surface area contributed by atoms with E-state index in [9.17, 15) is 9.59 Å². The molecule has 0 aliphatic heterocycles. The highest BCUT2D eigenvalue weighted by Gasteiger charge is 2.32. The lowest BCUT2D eigenvalue weighted by molar-refractivity contribution is -0.133. The van der Waals surface area contributed by atoms with Crippen molar-refractivity contribution in [2.24, 2.45) is 5.73 Å². The van der Waals surface area contributed by atoms with Gasteiger partial charge in [0.05, 0.1) is 12.1 Å². The van der Waals surface area contributed by atoms with Crippen LogP contribution < -0.4 is 16.4 Å². The van der Waals surface area contributed by atoms with Gasteiger partial charge in [-0.1, -0.05) is 36.4 Å². The monoisotopic (exact) mass is 354 g/mol. The minimum atomic E-state index is -1.08. The molecule has 2 atom stereocenters. The molecule has 0 fully saturated rings. The van der Waals surface area contributed by atoms with E-state index in [1.54, 1.807) is 27.0 Å². The lowest BCUT2D eigenvalue weighted by Crippen LogP contribution is -2.58. The second-order valence-corrected chi connectivity index (χ2v) is 6.86. The third-order valence-corrected chi connectivity index (χ3v) is 4.06. The molecule has 1 heterocycles. The zero-order valence-electron chi connectivity index (χ0n) is 15.4. The summed E-state index contributed by atoms with van der Waals surface area (Å²) < 4.78 is 0. The predicted octanol–water partition coefficient (Wildman–Crippen LogP) is 1.72. The largest absolute Gasteiger partial charge is 0.347 e. The van der Waals surface area contributed by atoms with Gasteiger partial charge in [0, 0.05) is 18.3 Å². The minimum Gasteiger partial charge on any atom is -0.347 e. The first-order valence-electron chi connectivity index (χ1n) is 8.63. The van der Waals surface area contributed by atoms with Crippen LogP contribution in [0.5, 0.6) is 0 Å². The number of nitrogens with two attached hydrogens (primary N) is 1. The van der Waals surface area contributed by atoms with Gasteiger partial charge >= 0.3 is 0 Å². The molecule has 2 aromatic rings. The fourth-order valence-corrected chi connectivity index (χ4v) is 2.48. The number of pyridine rings is 1. The molecule has 6 heteroatoms. The summed E-state index contributed by atoms with van der Waals surface area (Å²) in [5.74, 6) is -0.651. The zero-order chi connectivity index (χ0) is 19.2. The van der Waals surface area contributed by atoms with Crippen molar-refractivity contribution in [2.75, 3.05) is 0 Å². The first kappa shape index (κ1) is 19.6. The summed E-state index contributed by atoms with van der Waals surface area (Å²) in [6, 6.07) is 14.5. The number of benzene rings is 1. The molecule has 138 valence electrons. The van der Waals surface area contributed by atoms with Gasteiger partial charge in [0.2, 0.25) is 11.8 Å². The van der Waals surface area contributed by atoms with Gasteiger partial charge in [-0.05, 0) is 38.5 Å². The van der Waals surface area contributed by atoms with Crippen molar-refractivity contribution in [3.8, 4) is 0 Å². The van der Waals surface area contributed by atoms with Crippen LogP contribution in [-0.2, 0) is 16.0 Å². The molecule has 4 N–H and O–H groups in total. The number of hydrogen-bond donors (Lipinski definition) is 3. The Morgan fingerprint density at radius 2 is 1.77 bits per heavy atom. The van der Waals surface area contributed by atoms with E-state index in [1.165, 1.54) is 0 Å². The van der Waals surface area contributed by atoms with E-state index in [1.807, 2.05) is 48.5 Å². The summed E-state index contributed by atoms with van der Waals surface area (Å²) in [7, 11) is 0. The van der Waals surface area contributed by atoms with Gasteiger partial charge < -0.3 is 16.4 Å². The molecule has 0 spiro atoms. The van der Waals surface area contributed by atoms with E-state index in [4.69, 9.17) is 5.73 Å². The van der Waals surface area contributed by atoms with E-state index in [-0.39, 0.29) is 17.9 Å². The smallest absolute Gasteiger partial charge is 0.245 e. The van der Waals surface area contributed by atoms with Crippen LogP contribution in [0.4, 0.5) is 0 Å². The Morgan fingerprint density at radius 1 is 1.12 bits per heavy atom. The molecular weight excluding hydrogens is 328 g/mol. The summed E-state index contributed by atoms with van der Waals surface area (Å²) in [5.41, 5.74) is 6.35. The molecule has 0 saturated heterocycles. The van der Waals surface area contributed by atoms with Crippen LogP contribution in [0.1, 0.15) is 38.1 Å². The number of aromatic nitrogens is 1. The van der Waals surface area contributed by atoms with E-state index < -0.39 is 11.6 Å². The topological polar surface area (TPSA) is 97.1 Å². The third-order valence-electron chi connectivity index (χ3n) is 4.06. The van der Waals surface area contributed by atoms with Crippen LogP contribution in [0.25, 0.3) is 0 Å². The molecular formula is C20H26N4O2. The molecule has 2 amide bonds. The van der Waals surface area contributed by atoms with Crippen molar-refractivity contribution in [3.63, 3.8) is 0 Å². The molecule has 1 aromatic heterocycles. The minimum absolute atomic E-state index is 0.259. The number of rotatable bonds is 7. The first-order valence-corrected chi connectivity index (χ1v) is 8.63. The Bertz CT molecular complexity index is 730. The first-order chi connectivity index (χ1) is 12.3. The lowest BCUT2D eigenvalue weighted by Gasteiger charge is -2.29. The van der Waals surface area contributed by atoms with E-state index in [0.717, 1.165) is 11.3 Å². The van der Waals surface area contributed by atoms with E-state index in [0.29, 0.717) is 6.42 Å². The fourth-order valence-electron chi connectivity index (χ4n) is 2.48. The highest BCUT2D eigenvalue weighted by atomic mass is 16.2. The van der Waals surface area contributed by atoms with Crippen LogP contribution in [0.15, 0.2) is 54.7 Å². The molecule has 1 aromatic carbocycles. The maximum Gasteiger partial charge on any atom is 0.245 e. The number of amides is 2. The van der Waals surface area contributed by atoms with E-state index in [2.05, 4.69) is 15.6 Å². The number of hydrogen-bond acceptors (Lipinski definition) is 4. The Labute approximate surface area is 154 Å². The molecule has 0 aliphatic carbocycles. The van der Waals surface area contributed by atoms with Crippen LogP contribution in [0, 0.1) is 0 Å². The Hall–Kier alpha value is -2.73. The van der Waals surface area contributed by atoms with Crippen LogP contribution in [0.2, 0.25) is 0 Å². The Kier molecular flexibility index (Phi) is 6.46. The molecule has 2 rings (SSSR count). The average molecular weight is 354 g/mol. The van der Waals surface area contributed by atoms with Gasteiger partial charge in [-0.2, -0.15) is 0 Å². The number of carbonyl (C=O) groups is 2. The molecule has 0 aliphatic rings. The predicted molar refractivity (Wildman–Crippen MR) is 101 cm³/mol.